The minimum atomic E-state index is -0.977. The third-order valence-electron chi connectivity index (χ3n) is 5.50. The summed E-state index contributed by atoms with van der Waals surface area (Å²) in [4.78, 5) is 26.7. The Bertz CT molecular complexity index is 1510. The van der Waals surface area contributed by atoms with Crippen molar-refractivity contribution in [1.29, 1.82) is 0 Å². The zero-order chi connectivity index (χ0) is 25.1. The highest BCUT2D eigenvalue weighted by Gasteiger charge is 2.23. The van der Waals surface area contributed by atoms with Gasteiger partial charge in [0.2, 0.25) is 0 Å². The molecule has 1 N–H and O–H groups in total. The van der Waals surface area contributed by atoms with E-state index in [0.717, 1.165) is 27.3 Å². The fourth-order valence-electron chi connectivity index (χ4n) is 3.64. The van der Waals surface area contributed by atoms with E-state index in [4.69, 9.17) is 9.47 Å². The zero-order valence-corrected chi connectivity index (χ0v) is 20.5. The van der Waals surface area contributed by atoms with E-state index in [1.165, 1.54) is 11.3 Å². The third-order valence-corrected chi connectivity index (χ3v) is 6.59. The van der Waals surface area contributed by atoms with E-state index < -0.39 is 18.0 Å². The molecule has 180 valence electrons. The van der Waals surface area contributed by atoms with E-state index >= 15 is 0 Å². The molecule has 7 nitrogen and oxygen atoms in total. The third kappa shape index (κ3) is 4.99. The van der Waals surface area contributed by atoms with Crippen LogP contribution in [0.3, 0.4) is 0 Å². The standard InChI is InChI=1S/C28H23N3O4S/c1-18-24-17-25(36-27(24)31(30-18)21-9-5-3-6-10-21)28(33)34-19(2)26(32)29-20-13-15-23(16-14-20)35-22-11-7-4-8-12-22/h3-17,19H,1-2H3,(H,29,32)/t19-/m1/s1. The summed E-state index contributed by atoms with van der Waals surface area (Å²) >= 11 is 1.29. The van der Waals surface area contributed by atoms with E-state index in [1.807, 2.05) is 72.3 Å². The Morgan fingerprint density at radius 1 is 0.917 bits per heavy atom. The highest BCUT2D eigenvalue weighted by molar-refractivity contribution is 7.20. The topological polar surface area (TPSA) is 82.5 Å². The number of aryl methyl sites for hydroxylation is 1. The first-order valence-corrected chi connectivity index (χ1v) is 12.2. The minimum Gasteiger partial charge on any atom is -0.457 e. The molecule has 5 rings (SSSR count). The Balaban J connectivity index is 1.23. The number of hydrogen-bond acceptors (Lipinski definition) is 6. The number of carbonyl (C=O) groups excluding carboxylic acids is 2. The number of fused-ring (bicyclic) bond motifs is 1. The van der Waals surface area contributed by atoms with Crippen molar-refractivity contribution in [2.45, 2.75) is 20.0 Å². The number of carbonyl (C=O) groups is 2. The van der Waals surface area contributed by atoms with Gasteiger partial charge in [0.05, 0.1) is 11.4 Å². The molecule has 0 saturated carbocycles. The van der Waals surface area contributed by atoms with Gasteiger partial charge in [-0.3, -0.25) is 4.79 Å². The van der Waals surface area contributed by atoms with Crippen LogP contribution in [0.1, 0.15) is 22.3 Å². The van der Waals surface area contributed by atoms with Crippen LogP contribution in [0.15, 0.2) is 91.0 Å². The van der Waals surface area contributed by atoms with Gasteiger partial charge in [0, 0.05) is 11.1 Å². The van der Waals surface area contributed by atoms with Gasteiger partial charge >= 0.3 is 5.97 Å². The number of amides is 1. The molecule has 0 spiro atoms. The maximum Gasteiger partial charge on any atom is 0.349 e. The Hall–Kier alpha value is -4.43. The molecule has 36 heavy (non-hydrogen) atoms. The monoisotopic (exact) mass is 497 g/mol. The van der Waals surface area contributed by atoms with Gasteiger partial charge in [-0.2, -0.15) is 5.10 Å². The van der Waals surface area contributed by atoms with Crippen LogP contribution >= 0.6 is 11.3 Å². The van der Waals surface area contributed by atoms with Crippen LogP contribution in [0.4, 0.5) is 5.69 Å². The molecule has 2 aromatic heterocycles. The van der Waals surface area contributed by atoms with Gasteiger partial charge in [-0.1, -0.05) is 36.4 Å². The number of para-hydroxylation sites is 2. The molecule has 1 atom stereocenters. The number of benzene rings is 3. The molecule has 0 fully saturated rings. The molecule has 0 aliphatic heterocycles. The number of hydrogen-bond donors (Lipinski definition) is 1. The first-order chi connectivity index (χ1) is 17.5. The van der Waals surface area contributed by atoms with Crippen molar-refractivity contribution in [3.8, 4) is 17.2 Å². The molecule has 5 aromatic rings. The Morgan fingerprint density at radius 3 is 2.25 bits per heavy atom. The minimum absolute atomic E-state index is 0.414. The van der Waals surface area contributed by atoms with Crippen molar-refractivity contribution >= 4 is 39.1 Å². The molecule has 0 radical (unpaired) electrons. The second kappa shape index (κ2) is 10.1. The summed E-state index contributed by atoms with van der Waals surface area (Å²) in [5.74, 6) is 0.396. The number of esters is 1. The fourth-order valence-corrected chi connectivity index (χ4v) is 4.70. The smallest absolute Gasteiger partial charge is 0.349 e. The van der Waals surface area contributed by atoms with Gasteiger partial charge in [-0.05, 0) is 68.4 Å². The summed E-state index contributed by atoms with van der Waals surface area (Å²) in [5.41, 5.74) is 2.30. The van der Waals surface area contributed by atoms with E-state index in [0.29, 0.717) is 16.3 Å². The Morgan fingerprint density at radius 2 is 1.56 bits per heavy atom. The Kier molecular flexibility index (Phi) is 6.51. The average Bonchev–Trinajstić information content (AvgIpc) is 3.47. The van der Waals surface area contributed by atoms with Crippen LogP contribution in [0.2, 0.25) is 0 Å². The fraction of sp³-hybridized carbons (Fsp3) is 0.107. The number of ether oxygens (including phenoxy) is 2. The highest BCUT2D eigenvalue weighted by Crippen LogP contribution is 2.31. The maximum absolute atomic E-state index is 12.8. The molecule has 1 amide bonds. The van der Waals surface area contributed by atoms with Gasteiger partial charge in [0.15, 0.2) is 6.10 Å². The molecule has 0 unspecified atom stereocenters. The zero-order valence-electron chi connectivity index (χ0n) is 19.7. The summed E-state index contributed by atoms with van der Waals surface area (Å²) < 4.78 is 13.0. The van der Waals surface area contributed by atoms with Crippen LogP contribution in [0.25, 0.3) is 15.9 Å². The number of thiophene rings is 1. The second-order valence-corrected chi connectivity index (χ2v) is 9.17. The molecule has 8 heteroatoms. The number of anilines is 1. The molecule has 0 aliphatic rings. The quantitative estimate of drug-likeness (QED) is 0.264. The number of rotatable bonds is 7. The van der Waals surface area contributed by atoms with Gasteiger partial charge in [-0.25, -0.2) is 9.48 Å². The highest BCUT2D eigenvalue weighted by atomic mass is 32.1. The number of aromatic nitrogens is 2. The van der Waals surface area contributed by atoms with Crippen LogP contribution in [0.5, 0.6) is 11.5 Å². The van der Waals surface area contributed by atoms with Crippen LogP contribution in [0, 0.1) is 6.92 Å². The van der Waals surface area contributed by atoms with Gasteiger partial charge in [0.25, 0.3) is 5.91 Å². The van der Waals surface area contributed by atoms with E-state index in [2.05, 4.69) is 10.4 Å². The van der Waals surface area contributed by atoms with Gasteiger partial charge in [0.1, 0.15) is 21.2 Å². The van der Waals surface area contributed by atoms with Crippen molar-refractivity contribution in [3.05, 3.63) is 102 Å². The van der Waals surface area contributed by atoms with Crippen LogP contribution < -0.4 is 10.1 Å². The van der Waals surface area contributed by atoms with Gasteiger partial charge < -0.3 is 14.8 Å². The van der Waals surface area contributed by atoms with Crippen molar-refractivity contribution in [2.75, 3.05) is 5.32 Å². The normalized spacial score (nSPS) is 11.7. The van der Waals surface area contributed by atoms with E-state index in [9.17, 15) is 9.59 Å². The molecule has 2 heterocycles. The van der Waals surface area contributed by atoms with E-state index in [1.54, 1.807) is 37.3 Å². The predicted octanol–water partition coefficient (Wildman–Crippen LogP) is 6.37. The summed E-state index contributed by atoms with van der Waals surface area (Å²) in [7, 11) is 0. The first-order valence-electron chi connectivity index (χ1n) is 11.4. The lowest BCUT2D eigenvalue weighted by Gasteiger charge is -2.13. The first kappa shape index (κ1) is 23.3. The number of nitrogens with zero attached hydrogens (tertiary/aromatic N) is 2. The molecule has 3 aromatic carbocycles. The molecular formula is C28H23N3O4S. The second-order valence-electron chi connectivity index (χ2n) is 8.14. The average molecular weight is 498 g/mol. The summed E-state index contributed by atoms with van der Waals surface area (Å²) in [6.45, 7) is 3.44. The van der Waals surface area contributed by atoms with Crippen molar-refractivity contribution in [1.82, 2.24) is 9.78 Å². The van der Waals surface area contributed by atoms with Crippen LogP contribution in [-0.4, -0.2) is 27.8 Å². The molecule has 0 saturated heterocycles. The molecule has 0 bridgehead atoms. The Labute approximate surface area is 211 Å². The lowest BCUT2D eigenvalue weighted by atomic mass is 10.2. The van der Waals surface area contributed by atoms with Gasteiger partial charge in [-0.15, -0.1) is 11.3 Å². The van der Waals surface area contributed by atoms with Crippen molar-refractivity contribution < 1.29 is 19.1 Å². The number of nitrogens with one attached hydrogen (secondary N) is 1. The maximum atomic E-state index is 12.8. The predicted molar refractivity (Wildman–Crippen MR) is 140 cm³/mol. The van der Waals surface area contributed by atoms with Crippen molar-refractivity contribution in [2.24, 2.45) is 0 Å². The molecular weight excluding hydrogens is 474 g/mol. The summed E-state index contributed by atoms with van der Waals surface area (Å²) in [6, 6.07) is 27.9. The lowest BCUT2D eigenvalue weighted by molar-refractivity contribution is -0.123. The summed E-state index contributed by atoms with van der Waals surface area (Å²) in [5, 5.41) is 8.24. The lowest BCUT2D eigenvalue weighted by Crippen LogP contribution is -2.29. The van der Waals surface area contributed by atoms with Crippen molar-refractivity contribution in [3.63, 3.8) is 0 Å². The van der Waals surface area contributed by atoms with E-state index in [-0.39, 0.29) is 0 Å². The molecule has 0 aliphatic carbocycles. The SMILES string of the molecule is Cc1nn(-c2ccccc2)c2sc(C(=O)O[C@H](C)C(=O)Nc3ccc(Oc4ccccc4)cc3)cc12. The van der Waals surface area contributed by atoms with Crippen LogP contribution in [-0.2, 0) is 9.53 Å². The largest absolute Gasteiger partial charge is 0.457 e. The summed E-state index contributed by atoms with van der Waals surface area (Å²) in [6.07, 6.45) is -0.977.